The molecule has 0 aliphatic carbocycles. The fourth-order valence-electron chi connectivity index (χ4n) is 1.97. The van der Waals surface area contributed by atoms with Crippen LogP contribution in [0.4, 0.5) is 4.79 Å². The van der Waals surface area contributed by atoms with Gasteiger partial charge in [-0.25, -0.2) is 9.59 Å². The van der Waals surface area contributed by atoms with E-state index in [4.69, 9.17) is 9.84 Å². The Morgan fingerprint density at radius 1 is 1.50 bits per heavy atom. The van der Waals surface area contributed by atoms with Crippen LogP contribution in [0.5, 0.6) is 0 Å². The zero-order chi connectivity index (χ0) is 15.1. The number of hydrogen-bond donors (Lipinski definition) is 2. The lowest BCUT2D eigenvalue weighted by Gasteiger charge is -2.48. The van der Waals surface area contributed by atoms with E-state index in [1.165, 1.54) is 22.7 Å². The van der Waals surface area contributed by atoms with Crippen LogP contribution in [0.2, 0.25) is 0 Å². The largest absolute Gasteiger partial charge is 0.477 e. The maximum absolute atomic E-state index is 12.0. The van der Waals surface area contributed by atoms with Crippen molar-refractivity contribution in [2.24, 2.45) is 0 Å². The predicted octanol–water partition coefficient (Wildman–Crippen LogP) is 0.763. The van der Waals surface area contributed by atoms with Crippen molar-refractivity contribution in [3.05, 3.63) is 11.8 Å². The molecule has 0 aromatic rings. The quantitative estimate of drug-likeness (QED) is 0.731. The zero-order valence-corrected chi connectivity index (χ0v) is 12.2. The SMILES string of the molecule is CC(C)(C)OC(=O)NC1C(=O)N2C(C(=O)O)=CCS[C@@H]12. The Kier molecular flexibility index (Phi) is 3.68. The molecule has 7 nitrogen and oxygen atoms in total. The summed E-state index contributed by atoms with van der Waals surface area (Å²) in [5.74, 6) is -1.08. The van der Waals surface area contributed by atoms with Gasteiger partial charge >= 0.3 is 12.1 Å². The van der Waals surface area contributed by atoms with Crippen LogP contribution in [-0.2, 0) is 14.3 Å². The van der Waals surface area contributed by atoms with Gasteiger partial charge in [-0.1, -0.05) is 0 Å². The number of rotatable bonds is 2. The molecule has 2 heterocycles. The normalized spacial score (nSPS) is 25.2. The third-order valence-electron chi connectivity index (χ3n) is 2.74. The molecule has 2 aliphatic rings. The van der Waals surface area contributed by atoms with Crippen LogP contribution in [-0.4, -0.2) is 50.7 Å². The van der Waals surface area contributed by atoms with Gasteiger partial charge in [0.25, 0.3) is 5.91 Å². The van der Waals surface area contributed by atoms with Crippen molar-refractivity contribution >= 4 is 29.7 Å². The summed E-state index contributed by atoms with van der Waals surface area (Å²) < 4.78 is 5.09. The number of fused-ring (bicyclic) bond motifs is 1. The zero-order valence-electron chi connectivity index (χ0n) is 11.4. The highest BCUT2D eigenvalue weighted by Gasteiger charge is 2.53. The first-order valence-electron chi connectivity index (χ1n) is 6.08. The predicted molar refractivity (Wildman–Crippen MR) is 72.0 cm³/mol. The van der Waals surface area contributed by atoms with E-state index in [1.54, 1.807) is 20.8 Å². The molecule has 2 N–H and O–H groups in total. The number of β-lactam (4-membered cyclic amide) rings is 1. The Hall–Kier alpha value is -1.70. The molecule has 1 fully saturated rings. The van der Waals surface area contributed by atoms with E-state index in [1.807, 2.05) is 0 Å². The Bertz CT molecular complexity index is 497. The van der Waals surface area contributed by atoms with Crippen LogP contribution < -0.4 is 5.32 Å². The minimum absolute atomic E-state index is 0.0269. The minimum Gasteiger partial charge on any atom is -0.477 e. The molecule has 0 saturated carbocycles. The molecule has 0 aromatic heterocycles. The number of thioether (sulfide) groups is 1. The molecule has 1 saturated heterocycles. The highest BCUT2D eigenvalue weighted by atomic mass is 32.2. The number of carboxylic acid groups (broad SMARTS) is 1. The summed E-state index contributed by atoms with van der Waals surface area (Å²) in [6.45, 7) is 5.17. The first kappa shape index (κ1) is 14.7. The number of carboxylic acids is 1. The average molecular weight is 300 g/mol. The maximum Gasteiger partial charge on any atom is 0.408 e. The van der Waals surface area contributed by atoms with Crippen LogP contribution in [0.3, 0.4) is 0 Å². The summed E-state index contributed by atoms with van der Waals surface area (Å²) >= 11 is 1.40. The lowest BCUT2D eigenvalue weighted by molar-refractivity contribution is -0.148. The Morgan fingerprint density at radius 2 is 2.15 bits per heavy atom. The van der Waals surface area contributed by atoms with Gasteiger partial charge in [0.05, 0.1) is 0 Å². The van der Waals surface area contributed by atoms with Gasteiger partial charge in [-0.05, 0) is 26.8 Å². The van der Waals surface area contributed by atoms with E-state index >= 15 is 0 Å². The van der Waals surface area contributed by atoms with Crippen molar-refractivity contribution in [2.45, 2.75) is 37.8 Å². The highest BCUT2D eigenvalue weighted by Crippen LogP contribution is 2.37. The summed E-state index contributed by atoms with van der Waals surface area (Å²) in [5, 5.41) is 11.1. The number of nitrogens with zero attached hydrogens (tertiary/aromatic N) is 1. The Morgan fingerprint density at radius 3 is 2.70 bits per heavy atom. The van der Waals surface area contributed by atoms with Crippen molar-refractivity contribution in [1.82, 2.24) is 10.2 Å². The second kappa shape index (κ2) is 5.01. The molecule has 0 spiro atoms. The maximum atomic E-state index is 12.0. The van der Waals surface area contributed by atoms with Gasteiger partial charge in [0.2, 0.25) is 0 Å². The van der Waals surface area contributed by atoms with Crippen molar-refractivity contribution in [3.63, 3.8) is 0 Å². The number of aliphatic carboxylic acids is 1. The molecule has 1 unspecified atom stereocenters. The van der Waals surface area contributed by atoms with Gasteiger partial charge < -0.3 is 15.2 Å². The third kappa shape index (κ3) is 2.74. The molecular weight excluding hydrogens is 284 g/mol. The van der Waals surface area contributed by atoms with Gasteiger partial charge in [0.1, 0.15) is 22.7 Å². The summed E-state index contributed by atoms with van der Waals surface area (Å²) in [7, 11) is 0. The second-order valence-corrected chi connectivity index (χ2v) is 6.60. The van der Waals surface area contributed by atoms with Gasteiger partial charge in [-0.3, -0.25) is 9.69 Å². The van der Waals surface area contributed by atoms with Gasteiger partial charge in [-0.2, -0.15) is 0 Å². The number of alkyl carbamates (subject to hydrolysis) is 1. The fourth-order valence-corrected chi connectivity index (χ4v) is 3.17. The van der Waals surface area contributed by atoms with E-state index < -0.39 is 29.6 Å². The molecule has 2 atom stereocenters. The lowest BCUT2D eigenvalue weighted by Crippen LogP contribution is -2.70. The Balaban J connectivity index is 2.01. The summed E-state index contributed by atoms with van der Waals surface area (Å²) in [6, 6.07) is -0.738. The average Bonchev–Trinajstić information content (AvgIpc) is 2.32. The molecule has 110 valence electrons. The minimum atomic E-state index is -1.14. The molecule has 8 heteroatoms. The first-order chi connectivity index (χ1) is 9.20. The smallest absolute Gasteiger partial charge is 0.408 e. The molecule has 2 amide bonds. The van der Waals surface area contributed by atoms with Gasteiger partial charge in [-0.15, -0.1) is 11.8 Å². The molecule has 0 radical (unpaired) electrons. The van der Waals surface area contributed by atoms with Crippen molar-refractivity contribution in [3.8, 4) is 0 Å². The molecule has 2 rings (SSSR count). The molecular formula is C12H16N2O5S. The van der Waals surface area contributed by atoms with Crippen molar-refractivity contribution in [1.29, 1.82) is 0 Å². The highest BCUT2D eigenvalue weighted by molar-refractivity contribution is 8.00. The van der Waals surface area contributed by atoms with Crippen molar-refractivity contribution < 1.29 is 24.2 Å². The van der Waals surface area contributed by atoms with E-state index in [-0.39, 0.29) is 11.1 Å². The van der Waals surface area contributed by atoms with E-state index in [9.17, 15) is 14.4 Å². The number of amides is 2. The number of ether oxygens (including phenoxy) is 1. The van der Waals surface area contributed by atoms with Gasteiger partial charge in [0, 0.05) is 5.75 Å². The van der Waals surface area contributed by atoms with E-state index in [0.717, 1.165) is 0 Å². The molecule has 2 aliphatic heterocycles. The molecule has 0 bridgehead atoms. The molecule has 0 aromatic carbocycles. The monoisotopic (exact) mass is 300 g/mol. The number of nitrogens with one attached hydrogen (secondary N) is 1. The van der Waals surface area contributed by atoms with Crippen LogP contribution in [0, 0.1) is 0 Å². The van der Waals surface area contributed by atoms with E-state index in [2.05, 4.69) is 5.32 Å². The number of carbonyl (C=O) groups is 3. The molecule has 20 heavy (non-hydrogen) atoms. The topological polar surface area (TPSA) is 95.9 Å². The fraction of sp³-hybridized carbons (Fsp3) is 0.583. The number of carbonyl (C=O) groups excluding carboxylic acids is 2. The second-order valence-electron chi connectivity index (χ2n) is 5.45. The lowest BCUT2D eigenvalue weighted by atomic mass is 10.1. The summed E-state index contributed by atoms with van der Waals surface area (Å²) in [4.78, 5) is 35.8. The summed E-state index contributed by atoms with van der Waals surface area (Å²) in [5.41, 5.74) is -0.677. The summed E-state index contributed by atoms with van der Waals surface area (Å²) in [6.07, 6.45) is 0.813. The van der Waals surface area contributed by atoms with Crippen LogP contribution in [0.25, 0.3) is 0 Å². The van der Waals surface area contributed by atoms with Crippen LogP contribution in [0.15, 0.2) is 11.8 Å². The Labute approximate surface area is 120 Å². The van der Waals surface area contributed by atoms with Gasteiger partial charge in [0.15, 0.2) is 0 Å². The van der Waals surface area contributed by atoms with Crippen molar-refractivity contribution in [2.75, 3.05) is 5.75 Å². The number of hydrogen-bond acceptors (Lipinski definition) is 5. The standard InChI is InChI=1S/C12H16N2O5S/c1-12(2,3)19-11(18)13-7-8(15)14-6(10(16)17)4-5-20-9(7)14/h4,7,9H,5H2,1-3H3,(H,13,18)(H,16,17)/t7?,9-/m0/s1. The third-order valence-corrected chi connectivity index (χ3v) is 3.92. The van der Waals surface area contributed by atoms with E-state index in [0.29, 0.717) is 5.75 Å². The first-order valence-corrected chi connectivity index (χ1v) is 7.13. The van der Waals surface area contributed by atoms with Crippen LogP contribution >= 0.6 is 11.8 Å². The van der Waals surface area contributed by atoms with Crippen LogP contribution in [0.1, 0.15) is 20.8 Å².